The maximum Gasteiger partial charge on any atom is 0.231 e. The van der Waals surface area contributed by atoms with Gasteiger partial charge in [0.1, 0.15) is 11.5 Å². The summed E-state index contributed by atoms with van der Waals surface area (Å²) < 4.78 is 16.1. The fourth-order valence-electron chi connectivity index (χ4n) is 2.68. The van der Waals surface area contributed by atoms with Crippen LogP contribution in [0.25, 0.3) is 0 Å². The summed E-state index contributed by atoms with van der Waals surface area (Å²) in [6, 6.07) is 1.91. The van der Waals surface area contributed by atoms with Crippen LogP contribution in [0.15, 0.2) is 17.9 Å². The van der Waals surface area contributed by atoms with Crippen molar-refractivity contribution in [3.05, 3.63) is 34.6 Å². The van der Waals surface area contributed by atoms with Crippen LogP contribution in [0.5, 0.6) is 11.5 Å². The molecule has 0 saturated heterocycles. The Hall–Kier alpha value is -1.97. The number of allylic oxidation sites excluding steroid dienone is 2. The van der Waals surface area contributed by atoms with Gasteiger partial charge >= 0.3 is 0 Å². The molecule has 0 radical (unpaired) electrons. The molecule has 0 bridgehead atoms. The number of methoxy groups -OCH3 is 3. The number of carbonyl (C=O) groups excluding carboxylic acids is 1. The van der Waals surface area contributed by atoms with Gasteiger partial charge in [0.25, 0.3) is 0 Å². The molecule has 1 aliphatic rings. The lowest BCUT2D eigenvalue weighted by atomic mass is 9.75. The number of ether oxygens (including phenoxy) is 3. The smallest absolute Gasteiger partial charge is 0.231 e. The number of benzene rings is 1. The molecule has 0 fully saturated rings. The zero-order valence-corrected chi connectivity index (χ0v) is 12.8. The highest BCUT2D eigenvalue weighted by Gasteiger charge is 2.37. The van der Waals surface area contributed by atoms with Crippen molar-refractivity contribution >= 4 is 5.78 Å². The van der Waals surface area contributed by atoms with Crippen molar-refractivity contribution in [3.8, 4) is 11.5 Å². The van der Waals surface area contributed by atoms with Gasteiger partial charge in [0.2, 0.25) is 5.78 Å². The van der Waals surface area contributed by atoms with Gasteiger partial charge in [-0.05, 0) is 24.6 Å². The van der Waals surface area contributed by atoms with E-state index in [0.29, 0.717) is 17.1 Å². The van der Waals surface area contributed by atoms with Crippen LogP contribution in [0.2, 0.25) is 0 Å². The molecule has 0 N–H and O–H groups in total. The predicted molar refractivity (Wildman–Crippen MR) is 76.7 cm³/mol. The van der Waals surface area contributed by atoms with Crippen LogP contribution in [0.4, 0.5) is 0 Å². The van der Waals surface area contributed by atoms with Gasteiger partial charge in [0, 0.05) is 11.0 Å². The van der Waals surface area contributed by atoms with Crippen LogP contribution in [-0.4, -0.2) is 27.1 Å². The minimum Gasteiger partial charge on any atom is -0.496 e. The lowest BCUT2D eigenvalue weighted by molar-refractivity contribution is 0.0938. The Morgan fingerprint density at radius 1 is 1.05 bits per heavy atom. The van der Waals surface area contributed by atoms with Gasteiger partial charge in [-0.3, -0.25) is 4.79 Å². The van der Waals surface area contributed by atoms with Crippen molar-refractivity contribution in [2.24, 2.45) is 0 Å². The Morgan fingerprint density at radius 3 is 2.20 bits per heavy atom. The first-order valence-electron chi connectivity index (χ1n) is 6.45. The van der Waals surface area contributed by atoms with Crippen LogP contribution in [0, 0.1) is 6.92 Å². The van der Waals surface area contributed by atoms with E-state index in [9.17, 15) is 4.79 Å². The highest BCUT2D eigenvalue weighted by Crippen LogP contribution is 2.44. The molecule has 0 atom stereocenters. The van der Waals surface area contributed by atoms with Gasteiger partial charge in [-0.15, -0.1) is 0 Å². The minimum absolute atomic E-state index is 0.149. The van der Waals surface area contributed by atoms with Crippen LogP contribution >= 0.6 is 0 Å². The van der Waals surface area contributed by atoms with E-state index in [0.717, 1.165) is 16.9 Å². The Balaban J connectivity index is 2.83. The Bertz CT molecular complexity index is 597. The zero-order chi connectivity index (χ0) is 15.1. The van der Waals surface area contributed by atoms with Crippen molar-refractivity contribution < 1.29 is 19.0 Å². The Morgan fingerprint density at radius 2 is 1.70 bits per heavy atom. The monoisotopic (exact) mass is 276 g/mol. The minimum atomic E-state index is -0.331. The van der Waals surface area contributed by atoms with E-state index in [2.05, 4.69) is 0 Å². The first-order valence-corrected chi connectivity index (χ1v) is 6.45. The molecule has 1 aromatic rings. The van der Waals surface area contributed by atoms with Crippen molar-refractivity contribution in [2.75, 3.05) is 21.3 Å². The number of ketones is 1. The third-order valence-corrected chi connectivity index (χ3v) is 3.76. The number of hydrogen-bond donors (Lipinski definition) is 0. The van der Waals surface area contributed by atoms with Gasteiger partial charge in [-0.2, -0.15) is 0 Å². The molecule has 0 saturated carbocycles. The summed E-state index contributed by atoms with van der Waals surface area (Å²) in [5, 5.41) is 0. The molecule has 0 amide bonds. The fourth-order valence-corrected chi connectivity index (χ4v) is 2.68. The van der Waals surface area contributed by atoms with Crippen LogP contribution < -0.4 is 9.47 Å². The van der Waals surface area contributed by atoms with Gasteiger partial charge in [0.05, 0.1) is 26.9 Å². The molecule has 20 heavy (non-hydrogen) atoms. The molecule has 0 spiro atoms. The molecular formula is C16H20O4. The van der Waals surface area contributed by atoms with Gasteiger partial charge in [0.15, 0.2) is 5.76 Å². The number of carbonyl (C=O) groups is 1. The molecule has 0 heterocycles. The molecule has 2 rings (SSSR count). The quantitative estimate of drug-likeness (QED) is 0.851. The third kappa shape index (κ3) is 1.96. The molecule has 4 heteroatoms. The van der Waals surface area contributed by atoms with E-state index >= 15 is 0 Å². The standard InChI is InChI=1S/C16H20O4/c1-9-11(18-4)7-10-13(15(9)20-6)14(17)12(19-5)8-16(10,2)3/h7-8H,1-6H3. The maximum atomic E-state index is 12.6. The van der Waals surface area contributed by atoms with Gasteiger partial charge < -0.3 is 14.2 Å². The lowest BCUT2D eigenvalue weighted by Crippen LogP contribution is -2.27. The SMILES string of the molecule is COC1=CC(C)(C)c2cc(OC)c(C)c(OC)c2C1=O. The molecular weight excluding hydrogens is 256 g/mol. The molecule has 0 aliphatic heterocycles. The van der Waals surface area contributed by atoms with Crippen molar-refractivity contribution in [2.45, 2.75) is 26.2 Å². The summed E-state index contributed by atoms with van der Waals surface area (Å²) in [6.45, 7) is 5.94. The van der Waals surface area contributed by atoms with E-state index in [4.69, 9.17) is 14.2 Å². The van der Waals surface area contributed by atoms with E-state index < -0.39 is 0 Å². The fraction of sp³-hybridized carbons (Fsp3) is 0.438. The summed E-state index contributed by atoms with van der Waals surface area (Å²) in [4.78, 5) is 12.6. The third-order valence-electron chi connectivity index (χ3n) is 3.76. The topological polar surface area (TPSA) is 44.8 Å². The first-order chi connectivity index (χ1) is 9.37. The second kappa shape index (κ2) is 4.85. The van der Waals surface area contributed by atoms with Crippen LogP contribution in [0.3, 0.4) is 0 Å². The maximum absolute atomic E-state index is 12.6. The number of hydrogen-bond acceptors (Lipinski definition) is 4. The Kier molecular flexibility index (Phi) is 3.50. The molecule has 1 aromatic carbocycles. The largest absolute Gasteiger partial charge is 0.496 e. The summed E-state index contributed by atoms with van der Waals surface area (Å²) in [7, 11) is 4.68. The van der Waals surface area contributed by atoms with E-state index in [1.165, 1.54) is 7.11 Å². The zero-order valence-electron chi connectivity index (χ0n) is 12.8. The van der Waals surface area contributed by atoms with Crippen molar-refractivity contribution in [1.82, 2.24) is 0 Å². The van der Waals surface area contributed by atoms with Crippen LogP contribution in [-0.2, 0) is 10.2 Å². The predicted octanol–water partition coefficient (Wildman–Crippen LogP) is 3.02. The Labute approximate surface area is 119 Å². The summed E-state index contributed by atoms with van der Waals surface area (Å²) in [5.41, 5.74) is 1.94. The van der Waals surface area contributed by atoms with Gasteiger partial charge in [-0.1, -0.05) is 13.8 Å². The highest BCUT2D eigenvalue weighted by molar-refractivity contribution is 6.12. The van der Waals surface area contributed by atoms with E-state index in [-0.39, 0.29) is 11.2 Å². The van der Waals surface area contributed by atoms with Crippen LogP contribution in [0.1, 0.15) is 35.3 Å². The molecule has 4 nitrogen and oxygen atoms in total. The second-order valence-electron chi connectivity index (χ2n) is 5.42. The molecule has 108 valence electrons. The second-order valence-corrected chi connectivity index (χ2v) is 5.42. The summed E-state index contributed by atoms with van der Waals surface area (Å²) >= 11 is 0. The number of fused-ring (bicyclic) bond motifs is 1. The van der Waals surface area contributed by atoms with Crippen molar-refractivity contribution in [1.29, 1.82) is 0 Å². The average Bonchev–Trinajstić information content (AvgIpc) is 2.42. The van der Waals surface area contributed by atoms with Crippen molar-refractivity contribution in [3.63, 3.8) is 0 Å². The van der Waals surface area contributed by atoms with E-state index in [1.807, 2.05) is 32.9 Å². The molecule has 0 aromatic heterocycles. The van der Waals surface area contributed by atoms with E-state index in [1.54, 1.807) is 14.2 Å². The lowest BCUT2D eigenvalue weighted by Gasteiger charge is -2.31. The first kappa shape index (κ1) is 14.4. The molecule has 0 unspecified atom stereocenters. The van der Waals surface area contributed by atoms with Gasteiger partial charge in [-0.25, -0.2) is 0 Å². The number of rotatable bonds is 3. The average molecular weight is 276 g/mol. The number of Topliss-reactive ketones (excluding diaryl/α,β-unsaturated/α-hetero) is 1. The normalized spacial score (nSPS) is 16.3. The highest BCUT2D eigenvalue weighted by atomic mass is 16.5. The summed E-state index contributed by atoms with van der Waals surface area (Å²) in [5.74, 6) is 1.48. The molecule has 1 aliphatic carbocycles. The summed E-state index contributed by atoms with van der Waals surface area (Å²) in [6.07, 6.45) is 1.84.